The summed E-state index contributed by atoms with van der Waals surface area (Å²) in [4.78, 5) is 69.2. The first-order valence-corrected chi connectivity index (χ1v) is 28.5. The van der Waals surface area contributed by atoms with Crippen LogP contribution < -0.4 is 5.43 Å². The summed E-state index contributed by atoms with van der Waals surface area (Å²) < 4.78 is 52.3. The fourth-order valence-corrected chi connectivity index (χ4v) is 12.3. The molecule has 5 N–H and O–H groups in total. The molecule has 1 aromatic carbocycles. The molecule has 0 spiro atoms. The number of ether oxygens (including phenoxy) is 8. The summed E-state index contributed by atoms with van der Waals surface area (Å²) in [5, 5.41) is 61.4. The van der Waals surface area contributed by atoms with Crippen molar-refractivity contribution in [3.63, 3.8) is 0 Å². The number of cyclic esters (lactones) is 1. The first-order chi connectivity index (χ1) is 37.5. The Balaban J connectivity index is 1.28. The second-order valence-electron chi connectivity index (χ2n) is 23.9. The molecule has 3 aliphatic heterocycles. The summed E-state index contributed by atoms with van der Waals surface area (Å²) in [5.74, 6) is -6.29. The number of aryl methyl sites for hydroxylation is 2. The average Bonchev–Trinajstić information content (AvgIpc) is 3.42. The van der Waals surface area contributed by atoms with E-state index in [9.17, 15) is 49.6 Å². The van der Waals surface area contributed by atoms with E-state index in [4.69, 9.17) is 37.9 Å². The highest BCUT2D eigenvalue weighted by Crippen LogP contribution is 2.42. The van der Waals surface area contributed by atoms with Gasteiger partial charge in [0.1, 0.15) is 29.0 Å². The molecule has 22 nitrogen and oxygen atoms in total. The van der Waals surface area contributed by atoms with Crippen LogP contribution >= 0.6 is 0 Å². The second kappa shape index (κ2) is 28.5. The topological polar surface area (TPSA) is 284 Å². The van der Waals surface area contributed by atoms with Gasteiger partial charge in [0.15, 0.2) is 18.7 Å². The molecule has 2 aromatic rings. The van der Waals surface area contributed by atoms with Crippen LogP contribution in [0.25, 0.3) is 10.9 Å². The molecule has 454 valence electrons. The summed E-state index contributed by atoms with van der Waals surface area (Å²) in [7, 11) is 7.03. The highest BCUT2D eigenvalue weighted by molar-refractivity contribution is 5.92. The van der Waals surface area contributed by atoms with Gasteiger partial charge < -0.3 is 77.8 Å². The number of aromatic nitrogens is 1. The Morgan fingerprint density at radius 1 is 0.912 bits per heavy atom. The fourth-order valence-electron chi connectivity index (χ4n) is 12.3. The molecule has 3 fully saturated rings. The van der Waals surface area contributed by atoms with Gasteiger partial charge in [-0.3, -0.25) is 14.4 Å². The van der Waals surface area contributed by atoms with Gasteiger partial charge in [-0.05, 0) is 125 Å². The van der Waals surface area contributed by atoms with E-state index >= 15 is 0 Å². The Morgan fingerprint density at radius 3 is 2.21 bits per heavy atom. The number of methoxy groups -OCH3 is 1. The molecule has 5 rings (SSSR count). The van der Waals surface area contributed by atoms with E-state index in [0.717, 1.165) is 5.56 Å². The fraction of sp³-hybridized carbons (Fsp3) is 0.793. The van der Waals surface area contributed by atoms with Crippen molar-refractivity contribution >= 4 is 28.8 Å². The number of benzene rings is 1. The average molecular weight is 1140 g/mol. The third kappa shape index (κ3) is 15.8. The SMILES string of the molecule is CC[C@H]1OC(=O)[C@H](C)[C@@H](O[C@H]2C[C@@](C)(OC)[C@@H](OC(=O)CCN(C)CCOCCCc3ccc4c(c3)c(=O)c(C(=O)O)cn4CC)[C@H](C)O2)[C@H](C)[C@@H](O[C@H]2O[C@H](C)C[C@H](N(C)C)[C@H]2O)[C@](C)(O)C[C@@H](C)C(N=O)[C@@H](C)[C@@H](O)[C@]1(C)O. The minimum absolute atomic E-state index is 0.00750. The lowest BCUT2D eigenvalue weighted by atomic mass is 9.72. The van der Waals surface area contributed by atoms with Crippen molar-refractivity contribution in [2.24, 2.45) is 28.8 Å². The Labute approximate surface area is 471 Å². The minimum Gasteiger partial charge on any atom is -0.477 e. The summed E-state index contributed by atoms with van der Waals surface area (Å²) >= 11 is 0. The number of carboxylic acids is 1. The molecular formula is C58H94N4O18. The number of carbonyl (C=O) groups is 3. The van der Waals surface area contributed by atoms with Crippen LogP contribution in [0, 0.1) is 28.6 Å². The van der Waals surface area contributed by atoms with Crippen LogP contribution in [0.2, 0.25) is 0 Å². The number of pyridine rings is 1. The van der Waals surface area contributed by atoms with Crippen LogP contribution in [0.3, 0.4) is 0 Å². The minimum atomic E-state index is -2.04. The van der Waals surface area contributed by atoms with E-state index < -0.39 is 125 Å². The van der Waals surface area contributed by atoms with Crippen LogP contribution in [0.1, 0.15) is 131 Å². The van der Waals surface area contributed by atoms with Gasteiger partial charge >= 0.3 is 17.9 Å². The highest BCUT2D eigenvalue weighted by atomic mass is 16.7. The molecule has 22 heteroatoms. The van der Waals surface area contributed by atoms with Crippen LogP contribution in [0.5, 0.6) is 0 Å². The first kappa shape index (κ1) is 66.8. The maximum Gasteiger partial charge on any atom is 0.341 e. The van der Waals surface area contributed by atoms with Gasteiger partial charge in [-0.15, -0.1) is 0 Å². The molecule has 3 aliphatic rings. The number of aliphatic hydroxyl groups is 4. The van der Waals surface area contributed by atoms with Crippen LogP contribution in [0.15, 0.2) is 34.4 Å². The molecular weight excluding hydrogens is 1040 g/mol. The monoisotopic (exact) mass is 1130 g/mol. The van der Waals surface area contributed by atoms with E-state index in [0.29, 0.717) is 63.0 Å². The molecule has 3 saturated heterocycles. The van der Waals surface area contributed by atoms with E-state index in [-0.39, 0.29) is 43.4 Å². The Hall–Kier alpha value is -4.04. The predicted octanol–water partition coefficient (Wildman–Crippen LogP) is 4.91. The van der Waals surface area contributed by atoms with Gasteiger partial charge in [0, 0.05) is 69.2 Å². The molecule has 0 radical (unpaired) electrons. The normalized spacial score (nSPS) is 36.8. The quantitative estimate of drug-likeness (QED) is 0.0631. The second-order valence-corrected chi connectivity index (χ2v) is 23.9. The molecule has 0 bridgehead atoms. The van der Waals surface area contributed by atoms with Crippen molar-refractivity contribution in [3.05, 3.63) is 50.7 Å². The zero-order valence-corrected chi connectivity index (χ0v) is 49.9. The number of aliphatic hydroxyl groups excluding tert-OH is 2. The lowest BCUT2D eigenvalue weighted by molar-refractivity contribution is -0.319. The van der Waals surface area contributed by atoms with E-state index in [1.807, 2.05) is 56.9 Å². The van der Waals surface area contributed by atoms with Gasteiger partial charge in [0.05, 0.1) is 66.6 Å². The molecule has 1 aromatic heterocycles. The molecule has 80 heavy (non-hydrogen) atoms. The number of nitrogens with zero attached hydrogens (tertiary/aromatic N) is 4. The van der Waals surface area contributed by atoms with Crippen molar-refractivity contribution in [2.75, 3.05) is 54.6 Å². The smallest absolute Gasteiger partial charge is 0.341 e. The van der Waals surface area contributed by atoms with E-state index in [1.54, 1.807) is 59.1 Å². The summed E-state index contributed by atoms with van der Waals surface area (Å²) in [5.41, 5.74) is -4.26. The molecule has 0 saturated carbocycles. The van der Waals surface area contributed by atoms with Crippen LogP contribution in [-0.2, 0) is 60.4 Å². The van der Waals surface area contributed by atoms with E-state index in [2.05, 4.69) is 5.18 Å². The standard InChI is InChI=1S/C58H94N4O18/c1-16-43-58(11,71)50(66)34(5)46(59-72)32(3)29-56(9,70)51(80-55-48(65)42(60(12)13)27-33(4)75-55)35(6)49(36(7)54(69)77-43)79-45-30-57(10,73-15)52(37(8)76-45)78-44(63)22-23-61(14)24-26-74-25-18-19-38-20-21-41-39(28-38)47(64)40(53(67)68)31-62(41)17-2/h20-21,28,31-37,42-43,45-46,48-52,55,65-66,70-71H,16-19,22-27,29-30H2,1-15H3,(H,67,68)/t32-,33-,34-,35+,36-,37+,42+,43-,45+,46?,48-,49+,50-,51-,52+,55-,56-,57-,58-/m1/s1. The zero-order chi connectivity index (χ0) is 59.8. The number of likely N-dealkylation sites (N-methyl/N-ethyl adjacent to an activating group) is 2. The number of esters is 2. The third-order valence-corrected chi connectivity index (χ3v) is 17.2. The number of fused-ring (bicyclic) bond motifs is 1. The van der Waals surface area contributed by atoms with Gasteiger partial charge in [0.2, 0.25) is 5.43 Å². The molecule has 4 heterocycles. The van der Waals surface area contributed by atoms with Crippen LogP contribution in [0.4, 0.5) is 0 Å². The first-order valence-electron chi connectivity index (χ1n) is 28.5. The largest absolute Gasteiger partial charge is 0.477 e. The zero-order valence-electron chi connectivity index (χ0n) is 49.9. The van der Waals surface area contributed by atoms with E-state index in [1.165, 1.54) is 27.2 Å². The van der Waals surface area contributed by atoms with Crippen molar-refractivity contribution in [1.29, 1.82) is 0 Å². The molecule has 1 unspecified atom stereocenters. The maximum absolute atomic E-state index is 14.5. The van der Waals surface area contributed by atoms with Gasteiger partial charge in [-0.25, -0.2) is 4.79 Å². The lowest BCUT2D eigenvalue weighted by Crippen LogP contribution is -2.61. The van der Waals surface area contributed by atoms with Crippen molar-refractivity contribution in [2.45, 2.75) is 218 Å². The third-order valence-electron chi connectivity index (χ3n) is 17.2. The predicted molar refractivity (Wildman–Crippen MR) is 297 cm³/mol. The molecule has 0 amide bonds. The summed E-state index contributed by atoms with van der Waals surface area (Å²) in [6.07, 6.45) is -7.68. The Morgan fingerprint density at radius 2 is 1.60 bits per heavy atom. The molecule has 19 atom stereocenters. The van der Waals surface area contributed by atoms with Gasteiger partial charge in [-0.1, -0.05) is 38.9 Å². The molecule has 0 aliphatic carbocycles. The number of aromatic carboxylic acids is 1. The van der Waals surface area contributed by atoms with Crippen molar-refractivity contribution in [1.82, 2.24) is 14.4 Å². The number of carboxylic acid groups (broad SMARTS) is 1. The van der Waals surface area contributed by atoms with Gasteiger partial charge in [0.25, 0.3) is 0 Å². The number of hydrogen-bond donors (Lipinski definition) is 5. The maximum atomic E-state index is 14.5. The number of carbonyl (C=O) groups excluding carboxylic acids is 2. The van der Waals surface area contributed by atoms with Gasteiger partial charge in [-0.2, -0.15) is 4.91 Å². The van der Waals surface area contributed by atoms with Crippen molar-refractivity contribution < 1.29 is 77.8 Å². The Kier molecular flexibility index (Phi) is 23.8. The summed E-state index contributed by atoms with van der Waals surface area (Å²) in [6, 6.07) is 4.03. The highest BCUT2D eigenvalue weighted by Gasteiger charge is 2.55. The Bertz CT molecular complexity index is 2440. The summed E-state index contributed by atoms with van der Waals surface area (Å²) in [6.45, 7) is 20.7. The van der Waals surface area contributed by atoms with Crippen molar-refractivity contribution in [3.8, 4) is 0 Å². The number of rotatable bonds is 21. The lowest BCUT2D eigenvalue weighted by Gasteiger charge is -2.49. The number of nitroso groups, excluding NO2 is 1. The number of hydrogen-bond acceptors (Lipinski definition) is 20. The van der Waals surface area contributed by atoms with Crippen LogP contribution in [-0.4, -0.2) is 203 Å².